The second-order valence-electron chi connectivity index (χ2n) is 19.0. The third-order valence-corrected chi connectivity index (χ3v) is 13.1. The minimum atomic E-state index is -0.0373. The molecule has 0 radical (unpaired) electrons. The van der Waals surface area contributed by atoms with Gasteiger partial charge in [0.2, 0.25) is 0 Å². The van der Waals surface area contributed by atoms with E-state index in [2.05, 4.69) is 268 Å². The normalized spacial score (nSPS) is 13.2. The van der Waals surface area contributed by atoms with E-state index in [0.717, 1.165) is 0 Å². The van der Waals surface area contributed by atoms with Crippen molar-refractivity contribution in [2.75, 3.05) is 0 Å². The molecule has 0 amide bonds. The quantitative estimate of drug-likeness (QED) is 0.163. The molecular formula is C63H72. The van der Waals surface area contributed by atoms with Gasteiger partial charge < -0.3 is 0 Å². The molecule has 2 aliphatic carbocycles. The van der Waals surface area contributed by atoms with E-state index >= 15 is 0 Å². The maximum atomic E-state index is 2.51. The monoisotopic (exact) mass is 829 g/mol. The fraction of sp³-hybridized carbons (Fsp3) is 0.270. The molecule has 0 spiro atoms. The smallest absolute Gasteiger partial charge is 0.0159 e. The Balaban J connectivity index is 0.000000187. The molecule has 0 unspecified atom stereocenters. The first kappa shape index (κ1) is 48.1. The standard InChI is InChI=1S/C31H32.4C8H10/c1-19(2)15-28-29(21-11-9-8-10-12-21)24-18-26-23(17-27(24)31(28,6)7)22-14-13-20(3)16-25(22)30(26,4)5;4*1-7-5-3-4-6-8(7)2/h8-18H,1-7H3;4*3-6H,1-2H3. The third kappa shape index (κ3) is 11.5. The molecule has 63 heavy (non-hydrogen) atoms. The number of hydrogen-bond acceptors (Lipinski definition) is 0. The molecule has 0 fully saturated rings. The number of fused-ring (bicyclic) bond motifs is 4. The fourth-order valence-corrected chi connectivity index (χ4v) is 8.33. The average Bonchev–Trinajstić information content (AvgIpc) is 3.60. The van der Waals surface area contributed by atoms with Gasteiger partial charge in [-0.2, -0.15) is 0 Å². The highest BCUT2D eigenvalue weighted by Gasteiger charge is 2.42. The van der Waals surface area contributed by atoms with Gasteiger partial charge in [-0.25, -0.2) is 0 Å². The van der Waals surface area contributed by atoms with E-state index in [1.54, 1.807) is 0 Å². The van der Waals surface area contributed by atoms with Gasteiger partial charge in [0, 0.05) is 10.8 Å². The van der Waals surface area contributed by atoms with Crippen LogP contribution in [0.5, 0.6) is 0 Å². The number of benzene rings is 7. The van der Waals surface area contributed by atoms with Crippen LogP contribution in [0.3, 0.4) is 0 Å². The first-order valence-electron chi connectivity index (χ1n) is 22.7. The van der Waals surface area contributed by atoms with E-state index < -0.39 is 0 Å². The van der Waals surface area contributed by atoms with E-state index in [1.807, 2.05) is 0 Å². The van der Waals surface area contributed by atoms with Crippen molar-refractivity contribution in [2.45, 2.75) is 115 Å². The lowest BCUT2D eigenvalue weighted by Crippen LogP contribution is -2.18. The molecule has 9 rings (SSSR count). The maximum Gasteiger partial charge on any atom is 0.0159 e. The van der Waals surface area contributed by atoms with E-state index in [-0.39, 0.29) is 10.8 Å². The topological polar surface area (TPSA) is 0 Å². The van der Waals surface area contributed by atoms with Gasteiger partial charge in [0.1, 0.15) is 0 Å². The second-order valence-corrected chi connectivity index (χ2v) is 19.0. The minimum absolute atomic E-state index is 0.0108. The van der Waals surface area contributed by atoms with Gasteiger partial charge in [-0.3, -0.25) is 0 Å². The summed E-state index contributed by atoms with van der Waals surface area (Å²) in [4.78, 5) is 0. The Morgan fingerprint density at radius 2 is 0.683 bits per heavy atom. The van der Waals surface area contributed by atoms with Crippen LogP contribution in [0.2, 0.25) is 0 Å². The first-order chi connectivity index (χ1) is 29.8. The van der Waals surface area contributed by atoms with Gasteiger partial charge in [-0.15, -0.1) is 0 Å². The summed E-state index contributed by atoms with van der Waals surface area (Å²) in [6, 6.07) is 56.3. The van der Waals surface area contributed by atoms with Crippen LogP contribution in [0.1, 0.15) is 119 Å². The van der Waals surface area contributed by atoms with Gasteiger partial charge in [0.25, 0.3) is 0 Å². The summed E-state index contributed by atoms with van der Waals surface area (Å²) in [7, 11) is 0. The molecule has 0 N–H and O–H groups in total. The Bertz CT molecular complexity index is 2450. The van der Waals surface area contributed by atoms with E-state index in [1.165, 1.54) is 106 Å². The highest BCUT2D eigenvalue weighted by molar-refractivity contribution is 5.95. The minimum Gasteiger partial charge on any atom is -0.0761 e. The Morgan fingerprint density at radius 3 is 1.05 bits per heavy atom. The zero-order valence-corrected chi connectivity index (χ0v) is 41.1. The van der Waals surface area contributed by atoms with Crippen LogP contribution < -0.4 is 0 Å². The summed E-state index contributed by atoms with van der Waals surface area (Å²) in [5.74, 6) is 0. The second kappa shape index (κ2) is 20.9. The Morgan fingerprint density at radius 1 is 0.349 bits per heavy atom. The summed E-state index contributed by atoms with van der Waals surface area (Å²) in [6.07, 6.45) is 2.40. The molecule has 0 heteroatoms. The average molecular weight is 829 g/mol. The fourth-order valence-electron chi connectivity index (χ4n) is 8.33. The van der Waals surface area contributed by atoms with Crippen molar-refractivity contribution >= 4 is 5.57 Å². The highest BCUT2D eigenvalue weighted by atomic mass is 14.5. The molecule has 0 aliphatic heterocycles. The van der Waals surface area contributed by atoms with Crippen LogP contribution in [-0.2, 0) is 10.8 Å². The van der Waals surface area contributed by atoms with Gasteiger partial charge in [0.05, 0.1) is 0 Å². The lowest BCUT2D eigenvalue weighted by molar-refractivity contribution is 0.646. The number of aryl methyl sites for hydroxylation is 9. The Labute approximate surface area is 382 Å². The van der Waals surface area contributed by atoms with Crippen LogP contribution in [0.15, 0.2) is 175 Å². The number of rotatable bonds is 2. The van der Waals surface area contributed by atoms with Crippen LogP contribution in [0, 0.1) is 62.3 Å². The van der Waals surface area contributed by atoms with Gasteiger partial charge in [-0.1, -0.05) is 191 Å². The van der Waals surface area contributed by atoms with E-state index in [0.29, 0.717) is 0 Å². The molecule has 2 aliphatic rings. The van der Waals surface area contributed by atoms with Gasteiger partial charge in [-0.05, 0) is 183 Å². The maximum absolute atomic E-state index is 2.51. The Kier molecular flexibility index (Phi) is 16.0. The van der Waals surface area contributed by atoms with E-state index in [9.17, 15) is 0 Å². The van der Waals surface area contributed by atoms with Crippen LogP contribution >= 0.6 is 0 Å². The molecule has 0 aromatic heterocycles. The predicted octanol–water partition coefficient (Wildman–Crippen LogP) is 17.6. The molecule has 7 aromatic rings. The highest BCUT2D eigenvalue weighted by Crippen LogP contribution is 2.56. The molecule has 0 nitrogen and oxygen atoms in total. The SMILES string of the molecule is CC(C)=CC1=C(c2ccccc2)c2cc3c(cc2C1(C)C)-c1ccc(C)cc1C3(C)C.Cc1ccccc1C.Cc1ccccc1C.Cc1ccccc1C.Cc1ccccc1C. The Hall–Kier alpha value is -5.98. The third-order valence-electron chi connectivity index (χ3n) is 13.1. The number of hydrogen-bond donors (Lipinski definition) is 0. The van der Waals surface area contributed by atoms with Crippen molar-refractivity contribution in [3.63, 3.8) is 0 Å². The van der Waals surface area contributed by atoms with Gasteiger partial charge in [0.15, 0.2) is 0 Å². The molecule has 7 aromatic carbocycles. The van der Waals surface area contributed by atoms with Crippen molar-refractivity contribution < 1.29 is 0 Å². The largest absolute Gasteiger partial charge is 0.0761 e. The molecule has 0 saturated carbocycles. The molecule has 0 bridgehead atoms. The van der Waals surface area contributed by atoms with Crippen LogP contribution in [0.25, 0.3) is 16.7 Å². The summed E-state index contributed by atoms with van der Waals surface area (Å²) in [5, 5.41) is 0. The van der Waals surface area contributed by atoms with Crippen LogP contribution in [-0.4, -0.2) is 0 Å². The van der Waals surface area contributed by atoms with Crippen molar-refractivity contribution in [3.8, 4) is 11.1 Å². The number of allylic oxidation sites excluding steroid dienone is 3. The lowest BCUT2D eigenvalue weighted by atomic mass is 9.78. The zero-order valence-electron chi connectivity index (χ0n) is 41.1. The first-order valence-corrected chi connectivity index (χ1v) is 22.7. The molecule has 324 valence electrons. The summed E-state index contributed by atoms with van der Waals surface area (Å²) in [6.45, 7) is 33.1. The molecule has 0 saturated heterocycles. The zero-order chi connectivity index (χ0) is 46.1. The predicted molar refractivity (Wildman–Crippen MR) is 277 cm³/mol. The van der Waals surface area contributed by atoms with Crippen molar-refractivity contribution in [2.24, 2.45) is 0 Å². The summed E-state index contributed by atoms with van der Waals surface area (Å²) >= 11 is 0. The van der Waals surface area contributed by atoms with Crippen molar-refractivity contribution in [1.29, 1.82) is 0 Å². The summed E-state index contributed by atoms with van der Waals surface area (Å²) in [5.41, 5.74) is 26.3. The molecule has 0 atom stereocenters. The van der Waals surface area contributed by atoms with Crippen molar-refractivity contribution in [1.82, 2.24) is 0 Å². The van der Waals surface area contributed by atoms with Crippen molar-refractivity contribution in [3.05, 3.63) is 253 Å². The van der Waals surface area contributed by atoms with Gasteiger partial charge >= 0.3 is 0 Å². The molecular weight excluding hydrogens is 757 g/mol. The summed E-state index contributed by atoms with van der Waals surface area (Å²) < 4.78 is 0. The van der Waals surface area contributed by atoms with E-state index in [4.69, 9.17) is 0 Å². The molecule has 0 heterocycles. The van der Waals surface area contributed by atoms with Crippen LogP contribution in [0.4, 0.5) is 0 Å². The lowest BCUT2D eigenvalue weighted by Gasteiger charge is -2.25.